The number of ether oxygens (including phenoxy) is 1. The second kappa shape index (κ2) is 5.98. The highest BCUT2D eigenvalue weighted by Gasteiger charge is 2.23. The molecule has 18 heavy (non-hydrogen) atoms. The first kappa shape index (κ1) is 13.1. The van der Waals surface area contributed by atoms with Gasteiger partial charge in [-0.3, -0.25) is 0 Å². The van der Waals surface area contributed by atoms with Crippen LogP contribution in [0.2, 0.25) is 0 Å². The molecule has 2 rings (SSSR count). The van der Waals surface area contributed by atoms with Crippen molar-refractivity contribution in [2.24, 2.45) is 5.92 Å². The van der Waals surface area contributed by atoms with E-state index in [2.05, 4.69) is 12.2 Å². The van der Waals surface area contributed by atoms with Crippen molar-refractivity contribution < 1.29 is 14.6 Å². The van der Waals surface area contributed by atoms with Crippen LogP contribution in [0, 0.1) is 5.92 Å². The van der Waals surface area contributed by atoms with E-state index in [1.165, 1.54) is 0 Å². The monoisotopic (exact) mass is 249 g/mol. The Morgan fingerprint density at radius 2 is 2.39 bits per heavy atom. The zero-order chi connectivity index (χ0) is 13.0. The lowest BCUT2D eigenvalue weighted by Gasteiger charge is -2.14. The molecule has 1 heterocycles. The highest BCUT2D eigenvalue weighted by molar-refractivity contribution is 5.87. The van der Waals surface area contributed by atoms with Crippen molar-refractivity contribution in [1.82, 2.24) is 5.32 Å². The summed E-state index contributed by atoms with van der Waals surface area (Å²) in [6.07, 6.45) is 1.42. The summed E-state index contributed by atoms with van der Waals surface area (Å²) in [5.41, 5.74) is 1.34. The molecule has 1 aliphatic heterocycles. The number of benzene rings is 1. The predicted molar refractivity (Wildman–Crippen MR) is 68.6 cm³/mol. The fraction of sp³-hybridized carbons (Fsp3) is 0.500. The third-order valence-corrected chi connectivity index (χ3v) is 3.44. The Morgan fingerprint density at radius 3 is 3.06 bits per heavy atom. The number of hydrogen-bond acceptors (Lipinski definition) is 3. The molecule has 4 heteroatoms. The minimum Gasteiger partial charge on any atom is -0.478 e. The van der Waals surface area contributed by atoms with Crippen LogP contribution in [0.4, 0.5) is 0 Å². The van der Waals surface area contributed by atoms with Gasteiger partial charge in [-0.15, -0.1) is 0 Å². The van der Waals surface area contributed by atoms with E-state index in [9.17, 15) is 4.79 Å². The molecular weight excluding hydrogens is 230 g/mol. The molecule has 1 fully saturated rings. The third-order valence-electron chi connectivity index (χ3n) is 3.44. The number of carboxylic acids is 1. The van der Waals surface area contributed by atoms with Gasteiger partial charge in [-0.1, -0.05) is 12.1 Å². The first-order chi connectivity index (χ1) is 8.66. The van der Waals surface area contributed by atoms with E-state index in [1.807, 2.05) is 6.07 Å². The summed E-state index contributed by atoms with van der Waals surface area (Å²) < 4.78 is 5.50. The summed E-state index contributed by atoms with van der Waals surface area (Å²) >= 11 is 0. The Kier molecular flexibility index (Phi) is 4.33. The van der Waals surface area contributed by atoms with Crippen LogP contribution >= 0.6 is 0 Å². The van der Waals surface area contributed by atoms with E-state index >= 15 is 0 Å². The van der Waals surface area contributed by atoms with Gasteiger partial charge in [0.15, 0.2) is 0 Å². The molecule has 1 aromatic rings. The Bertz CT molecular complexity index is 419. The summed E-state index contributed by atoms with van der Waals surface area (Å²) in [6, 6.07) is 7.04. The Labute approximate surface area is 107 Å². The molecule has 0 bridgehead atoms. The first-order valence-electron chi connectivity index (χ1n) is 6.31. The van der Waals surface area contributed by atoms with Crippen molar-refractivity contribution in [2.75, 3.05) is 13.2 Å². The van der Waals surface area contributed by atoms with Crippen molar-refractivity contribution in [2.45, 2.75) is 26.0 Å². The molecule has 1 aliphatic rings. The Balaban J connectivity index is 1.83. The lowest BCUT2D eigenvalue weighted by Crippen LogP contribution is -2.26. The average molecular weight is 249 g/mol. The molecule has 0 radical (unpaired) electrons. The van der Waals surface area contributed by atoms with Gasteiger partial charge in [-0.25, -0.2) is 4.79 Å². The molecule has 2 unspecified atom stereocenters. The van der Waals surface area contributed by atoms with Crippen LogP contribution in [0.3, 0.4) is 0 Å². The summed E-state index contributed by atoms with van der Waals surface area (Å²) in [5, 5.41) is 12.3. The molecule has 0 saturated carbocycles. The van der Waals surface area contributed by atoms with Gasteiger partial charge in [0.1, 0.15) is 0 Å². The number of carbonyl (C=O) groups is 1. The smallest absolute Gasteiger partial charge is 0.335 e. The minimum atomic E-state index is -0.880. The largest absolute Gasteiger partial charge is 0.478 e. The van der Waals surface area contributed by atoms with E-state index in [1.54, 1.807) is 18.2 Å². The van der Waals surface area contributed by atoms with Gasteiger partial charge in [0.05, 0.1) is 11.7 Å². The molecule has 2 atom stereocenters. The van der Waals surface area contributed by atoms with Crippen molar-refractivity contribution in [1.29, 1.82) is 0 Å². The molecule has 4 nitrogen and oxygen atoms in total. The van der Waals surface area contributed by atoms with Crippen molar-refractivity contribution in [3.63, 3.8) is 0 Å². The third kappa shape index (κ3) is 3.31. The van der Waals surface area contributed by atoms with E-state index in [0.717, 1.165) is 25.1 Å². The van der Waals surface area contributed by atoms with E-state index in [-0.39, 0.29) is 0 Å². The van der Waals surface area contributed by atoms with Gasteiger partial charge in [0.2, 0.25) is 0 Å². The lowest BCUT2D eigenvalue weighted by molar-refractivity contribution is 0.0696. The highest BCUT2D eigenvalue weighted by Crippen LogP contribution is 2.19. The average Bonchev–Trinajstić information content (AvgIpc) is 2.76. The summed E-state index contributed by atoms with van der Waals surface area (Å²) in [7, 11) is 0. The van der Waals surface area contributed by atoms with E-state index in [4.69, 9.17) is 9.84 Å². The van der Waals surface area contributed by atoms with Crippen LogP contribution < -0.4 is 5.32 Å². The van der Waals surface area contributed by atoms with Crippen LogP contribution in [0.25, 0.3) is 0 Å². The first-order valence-corrected chi connectivity index (χ1v) is 6.31. The molecule has 1 aromatic carbocycles. The second-order valence-electron chi connectivity index (χ2n) is 4.76. The molecule has 2 N–H and O–H groups in total. The highest BCUT2D eigenvalue weighted by atomic mass is 16.5. The quantitative estimate of drug-likeness (QED) is 0.836. The normalized spacial score (nSPS) is 23.2. The van der Waals surface area contributed by atoms with Gasteiger partial charge in [0, 0.05) is 19.7 Å². The molecule has 0 aromatic heterocycles. The summed E-state index contributed by atoms with van der Waals surface area (Å²) in [5.74, 6) is -0.317. The van der Waals surface area contributed by atoms with Gasteiger partial charge in [0.25, 0.3) is 0 Å². The summed E-state index contributed by atoms with van der Waals surface area (Å²) in [6.45, 7) is 4.56. The maximum absolute atomic E-state index is 10.8. The Morgan fingerprint density at radius 1 is 1.56 bits per heavy atom. The standard InChI is InChI=1S/C14H19NO3/c1-10-13(5-6-18-10)9-15-8-11-3-2-4-12(7-11)14(16)17/h2-4,7,10,13,15H,5-6,8-9H2,1H3,(H,16,17). The van der Waals surface area contributed by atoms with Crippen LogP contribution in [0.5, 0.6) is 0 Å². The number of aromatic carboxylic acids is 1. The topological polar surface area (TPSA) is 58.6 Å². The second-order valence-corrected chi connectivity index (χ2v) is 4.76. The van der Waals surface area contributed by atoms with Crippen molar-refractivity contribution in [3.05, 3.63) is 35.4 Å². The van der Waals surface area contributed by atoms with E-state index in [0.29, 0.717) is 24.1 Å². The van der Waals surface area contributed by atoms with Crippen molar-refractivity contribution >= 4 is 5.97 Å². The molecule has 0 amide bonds. The minimum absolute atomic E-state index is 0.322. The van der Waals surface area contributed by atoms with Crippen LogP contribution in [0.15, 0.2) is 24.3 Å². The maximum atomic E-state index is 10.8. The number of nitrogens with one attached hydrogen (secondary N) is 1. The maximum Gasteiger partial charge on any atom is 0.335 e. The SMILES string of the molecule is CC1OCCC1CNCc1cccc(C(=O)O)c1. The molecular formula is C14H19NO3. The fourth-order valence-corrected chi connectivity index (χ4v) is 2.26. The van der Waals surface area contributed by atoms with Gasteiger partial charge in [-0.2, -0.15) is 0 Å². The number of carboxylic acid groups (broad SMARTS) is 1. The van der Waals surface area contributed by atoms with Crippen LogP contribution in [-0.2, 0) is 11.3 Å². The van der Waals surface area contributed by atoms with Gasteiger partial charge < -0.3 is 15.2 Å². The molecule has 1 saturated heterocycles. The van der Waals surface area contributed by atoms with Gasteiger partial charge >= 0.3 is 5.97 Å². The number of hydrogen-bond donors (Lipinski definition) is 2. The summed E-state index contributed by atoms with van der Waals surface area (Å²) in [4.78, 5) is 10.8. The molecule has 0 spiro atoms. The zero-order valence-electron chi connectivity index (χ0n) is 10.6. The predicted octanol–water partition coefficient (Wildman–Crippen LogP) is 1.90. The Hall–Kier alpha value is -1.39. The molecule has 98 valence electrons. The van der Waals surface area contributed by atoms with Crippen LogP contribution in [0.1, 0.15) is 29.3 Å². The molecule has 0 aliphatic carbocycles. The lowest BCUT2D eigenvalue weighted by atomic mass is 10.0. The van der Waals surface area contributed by atoms with Crippen LogP contribution in [-0.4, -0.2) is 30.3 Å². The van der Waals surface area contributed by atoms with Crippen molar-refractivity contribution in [3.8, 4) is 0 Å². The van der Waals surface area contributed by atoms with Gasteiger partial charge in [-0.05, 0) is 37.0 Å². The fourth-order valence-electron chi connectivity index (χ4n) is 2.26. The zero-order valence-corrected chi connectivity index (χ0v) is 10.6. The number of rotatable bonds is 5. The van der Waals surface area contributed by atoms with E-state index < -0.39 is 5.97 Å².